The molecule has 118 valence electrons. The summed E-state index contributed by atoms with van der Waals surface area (Å²) in [5.74, 6) is 0.350. The molecule has 2 rings (SSSR count). The SMILES string of the molecule is CCCOCC(=Nc1ccccc1C(F)(F)F)n1ccnc1. The second-order valence-electron chi connectivity index (χ2n) is 4.57. The van der Waals surface area contributed by atoms with Crippen LogP contribution in [-0.2, 0) is 10.9 Å². The Bertz CT molecular complexity index is 621. The molecule has 7 heteroatoms. The highest BCUT2D eigenvalue weighted by Crippen LogP contribution is 2.36. The lowest BCUT2D eigenvalue weighted by Gasteiger charge is -2.12. The molecule has 1 aromatic carbocycles. The van der Waals surface area contributed by atoms with Crippen molar-refractivity contribution >= 4 is 11.5 Å². The molecule has 0 N–H and O–H groups in total. The van der Waals surface area contributed by atoms with Gasteiger partial charge in [0.2, 0.25) is 0 Å². The van der Waals surface area contributed by atoms with E-state index in [1.165, 1.54) is 30.7 Å². The zero-order valence-corrected chi connectivity index (χ0v) is 12.0. The van der Waals surface area contributed by atoms with Crippen molar-refractivity contribution in [2.45, 2.75) is 19.5 Å². The summed E-state index contributed by atoms with van der Waals surface area (Å²) in [5.41, 5.74) is -0.915. The summed E-state index contributed by atoms with van der Waals surface area (Å²) in [7, 11) is 0. The number of alkyl halides is 3. The molecule has 1 heterocycles. The first-order chi connectivity index (χ1) is 10.5. The number of para-hydroxylation sites is 1. The van der Waals surface area contributed by atoms with E-state index in [0.717, 1.165) is 12.5 Å². The van der Waals surface area contributed by atoms with Gasteiger partial charge in [-0.05, 0) is 18.6 Å². The van der Waals surface area contributed by atoms with Gasteiger partial charge in [-0.15, -0.1) is 0 Å². The molecule has 0 unspecified atom stereocenters. The summed E-state index contributed by atoms with van der Waals surface area (Å²) >= 11 is 0. The Morgan fingerprint density at radius 3 is 2.73 bits per heavy atom. The Morgan fingerprint density at radius 2 is 2.09 bits per heavy atom. The molecule has 0 saturated carbocycles. The smallest absolute Gasteiger partial charge is 0.374 e. The van der Waals surface area contributed by atoms with Crippen molar-refractivity contribution in [3.63, 3.8) is 0 Å². The fourth-order valence-corrected chi connectivity index (χ4v) is 1.83. The molecule has 0 aliphatic rings. The van der Waals surface area contributed by atoms with Crippen LogP contribution in [0.3, 0.4) is 0 Å². The topological polar surface area (TPSA) is 39.4 Å². The summed E-state index contributed by atoms with van der Waals surface area (Å²) in [5, 5.41) is 0. The molecule has 0 atom stereocenters. The van der Waals surface area contributed by atoms with E-state index in [-0.39, 0.29) is 12.3 Å². The molecule has 0 amide bonds. The Hall–Kier alpha value is -2.15. The van der Waals surface area contributed by atoms with Crippen LogP contribution in [0.2, 0.25) is 0 Å². The van der Waals surface area contributed by atoms with Crippen LogP contribution in [0.25, 0.3) is 0 Å². The third-order valence-electron chi connectivity index (χ3n) is 2.84. The summed E-state index contributed by atoms with van der Waals surface area (Å²) in [6.07, 6.45) is 0.987. The van der Waals surface area contributed by atoms with E-state index in [9.17, 15) is 13.2 Å². The standard InChI is InChI=1S/C15H16F3N3O/c1-2-9-22-10-14(21-8-7-19-11-21)20-13-6-4-3-5-12(13)15(16,17)18/h3-8,11H,2,9-10H2,1H3. The van der Waals surface area contributed by atoms with Crippen LogP contribution in [0.4, 0.5) is 18.9 Å². The van der Waals surface area contributed by atoms with Crippen molar-refractivity contribution in [1.82, 2.24) is 9.55 Å². The summed E-state index contributed by atoms with van der Waals surface area (Å²) in [6.45, 7) is 2.57. The third kappa shape index (κ3) is 4.17. The number of rotatable bonds is 5. The maximum atomic E-state index is 13.0. The second-order valence-corrected chi connectivity index (χ2v) is 4.57. The number of hydrogen-bond acceptors (Lipinski definition) is 3. The molecule has 0 bridgehead atoms. The van der Waals surface area contributed by atoms with Crippen LogP contribution < -0.4 is 0 Å². The zero-order chi connectivity index (χ0) is 16.0. The first-order valence-electron chi connectivity index (χ1n) is 6.82. The molecule has 0 spiro atoms. The lowest BCUT2D eigenvalue weighted by molar-refractivity contribution is -0.137. The highest BCUT2D eigenvalue weighted by Gasteiger charge is 2.33. The Morgan fingerprint density at radius 1 is 1.32 bits per heavy atom. The second kappa shape index (κ2) is 7.22. The van der Waals surface area contributed by atoms with Gasteiger partial charge in [-0.3, -0.25) is 4.57 Å². The number of aliphatic imine (C=N–C) groups is 1. The van der Waals surface area contributed by atoms with Gasteiger partial charge in [0.05, 0.1) is 11.3 Å². The fraction of sp³-hybridized carbons (Fsp3) is 0.333. The summed E-state index contributed by atoms with van der Waals surface area (Å²) in [6, 6.07) is 5.20. The van der Waals surface area contributed by atoms with Crippen molar-refractivity contribution < 1.29 is 17.9 Å². The molecule has 0 aliphatic carbocycles. The lowest BCUT2D eigenvalue weighted by Crippen LogP contribution is -2.18. The fourth-order valence-electron chi connectivity index (χ4n) is 1.83. The molecule has 22 heavy (non-hydrogen) atoms. The van der Waals surface area contributed by atoms with Gasteiger partial charge in [0.1, 0.15) is 18.8 Å². The molecular formula is C15H16F3N3O. The van der Waals surface area contributed by atoms with Crippen LogP contribution in [0, 0.1) is 0 Å². The monoisotopic (exact) mass is 311 g/mol. The predicted molar refractivity (Wildman–Crippen MR) is 77.3 cm³/mol. The molecular weight excluding hydrogens is 295 g/mol. The van der Waals surface area contributed by atoms with Crippen molar-refractivity contribution in [1.29, 1.82) is 0 Å². The maximum Gasteiger partial charge on any atom is 0.418 e. The van der Waals surface area contributed by atoms with Gasteiger partial charge in [-0.25, -0.2) is 9.98 Å². The normalized spacial score (nSPS) is 12.6. The van der Waals surface area contributed by atoms with E-state index in [1.54, 1.807) is 10.8 Å². The first kappa shape index (κ1) is 16.2. The number of ether oxygens (including phenoxy) is 1. The van der Waals surface area contributed by atoms with Crippen LogP contribution in [0.5, 0.6) is 0 Å². The van der Waals surface area contributed by atoms with Gasteiger partial charge >= 0.3 is 6.18 Å². The minimum atomic E-state index is -4.45. The molecule has 2 aromatic rings. The van der Waals surface area contributed by atoms with Gasteiger partial charge < -0.3 is 4.74 Å². The minimum Gasteiger partial charge on any atom is -0.374 e. The molecule has 0 saturated heterocycles. The van der Waals surface area contributed by atoms with Gasteiger partial charge in [-0.1, -0.05) is 19.1 Å². The van der Waals surface area contributed by atoms with Gasteiger partial charge in [0, 0.05) is 19.0 Å². The van der Waals surface area contributed by atoms with Gasteiger partial charge in [0.25, 0.3) is 0 Å². The van der Waals surface area contributed by atoms with Crippen LogP contribution in [0.1, 0.15) is 18.9 Å². The number of benzene rings is 1. The predicted octanol–water partition coefficient (Wildman–Crippen LogP) is 3.91. The molecule has 4 nitrogen and oxygen atoms in total. The first-order valence-corrected chi connectivity index (χ1v) is 6.82. The number of aromatic nitrogens is 2. The average Bonchev–Trinajstić information content (AvgIpc) is 3.00. The van der Waals surface area contributed by atoms with Crippen LogP contribution >= 0.6 is 0 Å². The van der Waals surface area contributed by atoms with Crippen LogP contribution in [-0.4, -0.2) is 28.6 Å². The molecule has 0 radical (unpaired) electrons. The molecule has 0 aliphatic heterocycles. The summed E-state index contributed by atoms with van der Waals surface area (Å²) in [4.78, 5) is 8.02. The Labute approximate surface area is 126 Å². The van der Waals surface area contributed by atoms with Crippen LogP contribution in [0.15, 0.2) is 48.0 Å². The van der Waals surface area contributed by atoms with E-state index in [0.29, 0.717) is 12.4 Å². The average molecular weight is 311 g/mol. The molecule has 0 fully saturated rings. The Kier molecular flexibility index (Phi) is 5.32. The van der Waals surface area contributed by atoms with Crippen molar-refractivity contribution in [2.24, 2.45) is 4.99 Å². The lowest BCUT2D eigenvalue weighted by atomic mass is 10.2. The molecule has 1 aromatic heterocycles. The summed E-state index contributed by atoms with van der Waals surface area (Å²) < 4.78 is 46.0. The largest absolute Gasteiger partial charge is 0.418 e. The highest BCUT2D eigenvalue weighted by atomic mass is 19.4. The van der Waals surface area contributed by atoms with Crippen molar-refractivity contribution in [2.75, 3.05) is 13.2 Å². The maximum absolute atomic E-state index is 13.0. The van der Waals surface area contributed by atoms with E-state index >= 15 is 0 Å². The minimum absolute atomic E-state index is 0.108. The van der Waals surface area contributed by atoms with Gasteiger partial charge in [0.15, 0.2) is 0 Å². The van der Waals surface area contributed by atoms with E-state index < -0.39 is 11.7 Å². The number of imidazole rings is 1. The van der Waals surface area contributed by atoms with Crippen molar-refractivity contribution in [3.05, 3.63) is 48.5 Å². The third-order valence-corrected chi connectivity index (χ3v) is 2.84. The van der Waals surface area contributed by atoms with Gasteiger partial charge in [-0.2, -0.15) is 13.2 Å². The van der Waals surface area contributed by atoms with Crippen molar-refractivity contribution in [3.8, 4) is 0 Å². The van der Waals surface area contributed by atoms with E-state index in [1.807, 2.05) is 6.92 Å². The quantitative estimate of drug-likeness (QED) is 0.477. The number of halogens is 3. The highest BCUT2D eigenvalue weighted by molar-refractivity contribution is 5.88. The number of nitrogens with zero attached hydrogens (tertiary/aromatic N) is 3. The zero-order valence-electron chi connectivity index (χ0n) is 12.0. The Balaban J connectivity index is 2.37. The van der Waals surface area contributed by atoms with E-state index in [2.05, 4.69) is 9.98 Å². The number of hydrogen-bond donors (Lipinski definition) is 0. The van der Waals surface area contributed by atoms with E-state index in [4.69, 9.17) is 4.74 Å².